The summed E-state index contributed by atoms with van der Waals surface area (Å²) in [6, 6.07) is 0. The van der Waals surface area contributed by atoms with E-state index in [-0.39, 0.29) is 5.91 Å². The van der Waals surface area contributed by atoms with Crippen molar-refractivity contribution in [1.29, 1.82) is 0 Å². The second kappa shape index (κ2) is 5.90. The second-order valence-corrected chi connectivity index (χ2v) is 3.26. The van der Waals surface area contributed by atoms with Crippen molar-refractivity contribution in [3.63, 3.8) is 0 Å². The summed E-state index contributed by atoms with van der Waals surface area (Å²) in [6.07, 6.45) is 8.10. The van der Waals surface area contributed by atoms with Gasteiger partial charge in [-0.1, -0.05) is 6.08 Å². The first-order chi connectivity index (χ1) is 7.18. The van der Waals surface area contributed by atoms with Gasteiger partial charge >= 0.3 is 0 Å². The maximum Gasteiger partial charge on any atom is 0.216 e. The van der Waals surface area contributed by atoms with E-state index in [0.29, 0.717) is 6.54 Å². The number of rotatable bonds is 4. The van der Waals surface area contributed by atoms with E-state index in [2.05, 4.69) is 15.3 Å². The monoisotopic (exact) mass is 205 g/mol. The number of amides is 1. The van der Waals surface area contributed by atoms with Crippen LogP contribution in [0.25, 0.3) is 6.08 Å². The Morgan fingerprint density at radius 3 is 3.00 bits per heavy atom. The van der Waals surface area contributed by atoms with Crippen molar-refractivity contribution in [3.05, 3.63) is 29.9 Å². The van der Waals surface area contributed by atoms with Crippen LogP contribution in [0.1, 0.15) is 24.7 Å². The molecular formula is C11H15N3O. The van der Waals surface area contributed by atoms with Crippen molar-refractivity contribution >= 4 is 12.0 Å². The summed E-state index contributed by atoms with van der Waals surface area (Å²) in [5.74, 6) is -0.00116. The molecule has 1 aromatic rings. The molecule has 80 valence electrons. The molecule has 0 saturated carbocycles. The Morgan fingerprint density at radius 2 is 2.33 bits per heavy atom. The van der Waals surface area contributed by atoms with Gasteiger partial charge in [0.2, 0.25) is 5.91 Å². The molecule has 0 fully saturated rings. The maximum absolute atomic E-state index is 10.6. The molecule has 1 rings (SSSR count). The lowest BCUT2D eigenvalue weighted by molar-refractivity contribution is -0.118. The van der Waals surface area contributed by atoms with E-state index in [1.165, 1.54) is 6.92 Å². The minimum atomic E-state index is -0.00116. The Morgan fingerprint density at radius 1 is 1.53 bits per heavy atom. The van der Waals surface area contributed by atoms with Crippen LogP contribution >= 0.6 is 0 Å². The van der Waals surface area contributed by atoms with Crippen LogP contribution in [-0.2, 0) is 4.79 Å². The van der Waals surface area contributed by atoms with Crippen LogP contribution in [0.15, 0.2) is 18.5 Å². The van der Waals surface area contributed by atoms with Gasteiger partial charge in [-0.2, -0.15) is 0 Å². The van der Waals surface area contributed by atoms with Crippen molar-refractivity contribution in [3.8, 4) is 0 Å². The summed E-state index contributed by atoms with van der Waals surface area (Å²) in [6.45, 7) is 4.07. The third kappa shape index (κ3) is 4.90. The highest BCUT2D eigenvalue weighted by Crippen LogP contribution is 1.98. The first kappa shape index (κ1) is 11.4. The van der Waals surface area contributed by atoms with E-state index < -0.39 is 0 Å². The second-order valence-electron chi connectivity index (χ2n) is 3.26. The molecule has 15 heavy (non-hydrogen) atoms. The molecule has 4 nitrogen and oxygen atoms in total. The fraction of sp³-hybridized carbons (Fsp3) is 0.364. The Bertz CT molecular complexity index is 361. The highest BCUT2D eigenvalue weighted by Gasteiger charge is 1.90. The van der Waals surface area contributed by atoms with Crippen molar-refractivity contribution in [2.24, 2.45) is 0 Å². The Labute approximate surface area is 89.4 Å². The highest BCUT2D eigenvalue weighted by molar-refractivity contribution is 5.72. The summed E-state index contributed by atoms with van der Waals surface area (Å²) < 4.78 is 0. The third-order valence-electron chi connectivity index (χ3n) is 1.75. The van der Waals surface area contributed by atoms with Gasteiger partial charge in [0.25, 0.3) is 0 Å². The lowest BCUT2D eigenvalue weighted by Crippen LogP contribution is -2.20. The number of hydrogen-bond acceptors (Lipinski definition) is 3. The number of nitrogens with one attached hydrogen (secondary N) is 1. The topological polar surface area (TPSA) is 54.9 Å². The Hall–Kier alpha value is -1.71. The van der Waals surface area contributed by atoms with E-state index in [1.54, 1.807) is 12.4 Å². The van der Waals surface area contributed by atoms with Gasteiger partial charge in [0.1, 0.15) is 0 Å². The zero-order valence-electron chi connectivity index (χ0n) is 9.03. The summed E-state index contributed by atoms with van der Waals surface area (Å²) in [5, 5.41) is 2.72. The summed E-state index contributed by atoms with van der Waals surface area (Å²) in [4.78, 5) is 18.9. The SMILES string of the molecule is CC(=O)NCCC=Cc1cncc(C)n1. The molecule has 1 heterocycles. The molecule has 0 aromatic carbocycles. The van der Waals surface area contributed by atoms with Gasteiger partial charge < -0.3 is 5.32 Å². The van der Waals surface area contributed by atoms with Gasteiger partial charge in [0.15, 0.2) is 0 Å². The number of hydrogen-bond donors (Lipinski definition) is 1. The number of aryl methyl sites for hydroxylation is 1. The molecule has 0 aliphatic heterocycles. The van der Waals surface area contributed by atoms with Gasteiger partial charge in [-0.3, -0.25) is 14.8 Å². The quantitative estimate of drug-likeness (QED) is 0.754. The van der Waals surface area contributed by atoms with E-state index in [1.807, 2.05) is 19.1 Å². The summed E-state index contributed by atoms with van der Waals surface area (Å²) >= 11 is 0. The molecule has 1 amide bonds. The van der Waals surface area contributed by atoms with Crippen LogP contribution in [0.3, 0.4) is 0 Å². The van der Waals surface area contributed by atoms with Gasteiger partial charge in [-0.15, -0.1) is 0 Å². The van der Waals surface area contributed by atoms with Gasteiger partial charge in [0, 0.05) is 19.7 Å². The Balaban J connectivity index is 2.35. The molecule has 1 aromatic heterocycles. The standard InChI is InChI=1S/C11H15N3O/c1-9-7-12-8-11(14-9)5-3-4-6-13-10(2)15/h3,5,7-8H,4,6H2,1-2H3,(H,13,15). The zero-order chi connectivity index (χ0) is 11.1. The van der Waals surface area contributed by atoms with Crippen molar-refractivity contribution in [2.75, 3.05) is 6.54 Å². The molecule has 0 atom stereocenters. The third-order valence-corrected chi connectivity index (χ3v) is 1.75. The van der Waals surface area contributed by atoms with Gasteiger partial charge in [-0.05, 0) is 19.4 Å². The molecule has 0 bridgehead atoms. The maximum atomic E-state index is 10.6. The van der Waals surface area contributed by atoms with Gasteiger partial charge in [-0.25, -0.2) is 0 Å². The molecule has 0 aliphatic rings. The smallest absolute Gasteiger partial charge is 0.216 e. The molecule has 1 N–H and O–H groups in total. The Kier molecular flexibility index (Phi) is 4.47. The fourth-order valence-electron chi connectivity index (χ4n) is 1.10. The fourth-order valence-corrected chi connectivity index (χ4v) is 1.10. The van der Waals surface area contributed by atoms with Crippen molar-refractivity contribution in [2.45, 2.75) is 20.3 Å². The predicted molar refractivity (Wildman–Crippen MR) is 59.1 cm³/mol. The molecular weight excluding hydrogens is 190 g/mol. The predicted octanol–water partition coefficient (Wildman–Crippen LogP) is 1.32. The van der Waals surface area contributed by atoms with Crippen LogP contribution in [0.4, 0.5) is 0 Å². The number of carbonyl (C=O) groups excluding carboxylic acids is 1. The normalized spacial score (nSPS) is 10.5. The van der Waals surface area contributed by atoms with Crippen molar-refractivity contribution in [1.82, 2.24) is 15.3 Å². The largest absolute Gasteiger partial charge is 0.356 e. The first-order valence-electron chi connectivity index (χ1n) is 4.88. The van der Waals surface area contributed by atoms with E-state index in [4.69, 9.17) is 0 Å². The van der Waals surface area contributed by atoms with Crippen LogP contribution in [-0.4, -0.2) is 22.4 Å². The van der Waals surface area contributed by atoms with Crippen LogP contribution in [0.2, 0.25) is 0 Å². The molecule has 0 spiro atoms. The highest BCUT2D eigenvalue weighted by atomic mass is 16.1. The molecule has 0 radical (unpaired) electrons. The average molecular weight is 205 g/mol. The zero-order valence-corrected chi connectivity index (χ0v) is 9.03. The lowest BCUT2D eigenvalue weighted by atomic mass is 10.3. The summed E-state index contributed by atoms with van der Waals surface area (Å²) in [5.41, 5.74) is 1.75. The van der Waals surface area contributed by atoms with E-state index >= 15 is 0 Å². The average Bonchev–Trinajstić information content (AvgIpc) is 2.17. The van der Waals surface area contributed by atoms with E-state index in [0.717, 1.165) is 17.8 Å². The number of nitrogens with zero attached hydrogens (tertiary/aromatic N) is 2. The molecule has 4 heteroatoms. The minimum Gasteiger partial charge on any atom is -0.356 e. The van der Waals surface area contributed by atoms with Crippen molar-refractivity contribution < 1.29 is 4.79 Å². The summed E-state index contributed by atoms with van der Waals surface area (Å²) in [7, 11) is 0. The van der Waals surface area contributed by atoms with Crippen LogP contribution < -0.4 is 5.32 Å². The van der Waals surface area contributed by atoms with Crippen LogP contribution in [0, 0.1) is 6.92 Å². The van der Waals surface area contributed by atoms with E-state index in [9.17, 15) is 4.79 Å². The molecule has 0 aliphatic carbocycles. The number of carbonyl (C=O) groups is 1. The first-order valence-corrected chi connectivity index (χ1v) is 4.88. The minimum absolute atomic E-state index is 0.00116. The number of aromatic nitrogens is 2. The molecule has 0 saturated heterocycles. The molecule has 0 unspecified atom stereocenters. The lowest BCUT2D eigenvalue weighted by Gasteiger charge is -1.97. The van der Waals surface area contributed by atoms with Crippen LogP contribution in [0.5, 0.6) is 0 Å². The van der Waals surface area contributed by atoms with Gasteiger partial charge in [0.05, 0.1) is 17.6 Å².